The molecule has 2 aromatic carbocycles. The first-order chi connectivity index (χ1) is 12.9. The van der Waals surface area contributed by atoms with E-state index in [1.54, 1.807) is 7.05 Å². The number of hydrogen-bond acceptors (Lipinski definition) is 5. The molecule has 0 unspecified atom stereocenters. The van der Waals surface area contributed by atoms with Crippen LogP contribution < -0.4 is 4.74 Å². The Morgan fingerprint density at radius 3 is 2.52 bits per heavy atom. The molecule has 7 heteroatoms. The normalized spacial score (nSPS) is 10.7. The number of aryl methyl sites for hydroxylation is 2. The van der Waals surface area contributed by atoms with E-state index < -0.39 is 0 Å². The molecule has 3 aromatic rings. The van der Waals surface area contributed by atoms with Gasteiger partial charge in [0.15, 0.2) is 6.61 Å². The van der Waals surface area contributed by atoms with Crippen molar-refractivity contribution in [2.75, 3.05) is 13.7 Å². The Labute approximate surface area is 166 Å². The standard InChI is InChI=1S/C20H20BrN3O3/c1-13-9-16(10-14(2)19(13)21)26-12-18(25)24(3)11-17-22-20(23-27-17)15-7-5-4-6-8-15/h4-10H,11-12H2,1-3H3. The van der Waals surface area contributed by atoms with Gasteiger partial charge in [-0.2, -0.15) is 4.98 Å². The summed E-state index contributed by atoms with van der Waals surface area (Å²) in [7, 11) is 1.68. The fraction of sp³-hybridized carbons (Fsp3) is 0.250. The number of carbonyl (C=O) groups is 1. The minimum absolute atomic E-state index is 0.0588. The molecule has 0 aliphatic heterocycles. The maximum Gasteiger partial charge on any atom is 0.260 e. The molecule has 3 rings (SSSR count). The summed E-state index contributed by atoms with van der Waals surface area (Å²) < 4.78 is 11.9. The van der Waals surface area contributed by atoms with Crippen molar-refractivity contribution in [1.29, 1.82) is 0 Å². The highest BCUT2D eigenvalue weighted by atomic mass is 79.9. The predicted molar refractivity (Wildman–Crippen MR) is 105 cm³/mol. The first kappa shape index (κ1) is 19.1. The van der Waals surface area contributed by atoms with Gasteiger partial charge in [-0.15, -0.1) is 0 Å². The second-order valence-corrected chi connectivity index (χ2v) is 7.08. The van der Waals surface area contributed by atoms with E-state index >= 15 is 0 Å². The van der Waals surface area contributed by atoms with Crippen molar-refractivity contribution in [3.63, 3.8) is 0 Å². The van der Waals surface area contributed by atoms with Crippen LogP contribution >= 0.6 is 15.9 Å². The van der Waals surface area contributed by atoms with Gasteiger partial charge in [-0.1, -0.05) is 51.4 Å². The summed E-state index contributed by atoms with van der Waals surface area (Å²) in [5.41, 5.74) is 2.99. The fourth-order valence-electron chi connectivity index (χ4n) is 2.56. The molecule has 27 heavy (non-hydrogen) atoms. The number of hydrogen-bond donors (Lipinski definition) is 0. The Morgan fingerprint density at radius 1 is 1.19 bits per heavy atom. The first-order valence-electron chi connectivity index (χ1n) is 8.45. The van der Waals surface area contributed by atoms with Crippen molar-refractivity contribution in [3.8, 4) is 17.1 Å². The van der Waals surface area contributed by atoms with E-state index in [1.165, 1.54) is 4.90 Å². The molecule has 0 spiro atoms. The summed E-state index contributed by atoms with van der Waals surface area (Å²) in [5, 5.41) is 3.96. The van der Waals surface area contributed by atoms with E-state index in [0.717, 1.165) is 21.2 Å². The van der Waals surface area contributed by atoms with Crippen molar-refractivity contribution in [3.05, 3.63) is 64.0 Å². The molecule has 0 bridgehead atoms. The second-order valence-electron chi connectivity index (χ2n) is 6.29. The molecular weight excluding hydrogens is 410 g/mol. The van der Waals surface area contributed by atoms with Gasteiger partial charge in [0.25, 0.3) is 5.91 Å². The number of halogens is 1. The topological polar surface area (TPSA) is 68.5 Å². The van der Waals surface area contributed by atoms with E-state index in [-0.39, 0.29) is 19.1 Å². The van der Waals surface area contributed by atoms with Gasteiger partial charge in [-0.05, 0) is 37.1 Å². The zero-order chi connectivity index (χ0) is 19.4. The monoisotopic (exact) mass is 429 g/mol. The highest BCUT2D eigenvalue weighted by molar-refractivity contribution is 9.10. The van der Waals surface area contributed by atoms with Gasteiger partial charge in [0.2, 0.25) is 11.7 Å². The predicted octanol–water partition coefficient (Wildman–Crippen LogP) is 4.15. The highest BCUT2D eigenvalue weighted by Gasteiger charge is 2.15. The first-order valence-corrected chi connectivity index (χ1v) is 9.25. The van der Waals surface area contributed by atoms with Gasteiger partial charge in [-0.3, -0.25) is 4.79 Å². The van der Waals surface area contributed by atoms with E-state index in [0.29, 0.717) is 17.5 Å². The van der Waals surface area contributed by atoms with E-state index in [2.05, 4.69) is 26.1 Å². The molecule has 0 atom stereocenters. The average Bonchev–Trinajstić information content (AvgIpc) is 3.13. The average molecular weight is 430 g/mol. The van der Waals surface area contributed by atoms with Crippen LogP contribution in [0, 0.1) is 13.8 Å². The quantitative estimate of drug-likeness (QED) is 0.588. The Morgan fingerprint density at radius 2 is 1.85 bits per heavy atom. The van der Waals surface area contributed by atoms with Gasteiger partial charge in [-0.25, -0.2) is 0 Å². The lowest BCUT2D eigenvalue weighted by molar-refractivity contribution is -0.132. The van der Waals surface area contributed by atoms with Crippen LogP contribution in [0.25, 0.3) is 11.4 Å². The SMILES string of the molecule is Cc1cc(OCC(=O)N(C)Cc2nc(-c3ccccc3)no2)cc(C)c1Br. The Hall–Kier alpha value is -2.67. The van der Waals surface area contributed by atoms with Crippen LogP contribution in [0.15, 0.2) is 51.5 Å². The van der Waals surface area contributed by atoms with Crippen molar-refractivity contribution >= 4 is 21.8 Å². The summed E-state index contributed by atoms with van der Waals surface area (Å²) in [6.45, 7) is 4.13. The van der Waals surface area contributed by atoms with Crippen molar-refractivity contribution in [2.24, 2.45) is 0 Å². The lowest BCUT2D eigenvalue weighted by Gasteiger charge is -2.16. The summed E-state index contributed by atoms with van der Waals surface area (Å²) in [6.07, 6.45) is 0. The lowest BCUT2D eigenvalue weighted by Crippen LogP contribution is -2.31. The number of likely N-dealkylation sites (N-methyl/N-ethyl adjacent to an activating group) is 1. The minimum Gasteiger partial charge on any atom is -0.484 e. The fourth-order valence-corrected chi connectivity index (χ4v) is 2.79. The van der Waals surface area contributed by atoms with Crippen molar-refractivity contribution < 1.29 is 14.1 Å². The molecular formula is C20H20BrN3O3. The van der Waals surface area contributed by atoms with Crippen LogP contribution in [-0.2, 0) is 11.3 Å². The molecule has 1 heterocycles. The van der Waals surface area contributed by atoms with Crippen LogP contribution in [0.4, 0.5) is 0 Å². The number of benzene rings is 2. The number of ether oxygens (including phenoxy) is 1. The van der Waals surface area contributed by atoms with E-state index in [9.17, 15) is 4.79 Å². The van der Waals surface area contributed by atoms with Gasteiger partial charge in [0.05, 0.1) is 6.54 Å². The molecule has 140 valence electrons. The molecule has 0 aliphatic rings. The third-order valence-corrected chi connectivity index (χ3v) is 5.32. The number of rotatable bonds is 6. The van der Waals surface area contributed by atoms with Crippen LogP contribution in [0.3, 0.4) is 0 Å². The van der Waals surface area contributed by atoms with Crippen LogP contribution in [0.1, 0.15) is 17.0 Å². The Bertz CT molecular complexity index is 918. The van der Waals surface area contributed by atoms with Crippen LogP contribution in [-0.4, -0.2) is 34.6 Å². The van der Waals surface area contributed by atoms with Gasteiger partial charge in [0.1, 0.15) is 5.75 Å². The molecule has 1 aromatic heterocycles. The highest BCUT2D eigenvalue weighted by Crippen LogP contribution is 2.26. The summed E-state index contributed by atoms with van der Waals surface area (Å²) >= 11 is 3.52. The van der Waals surface area contributed by atoms with E-state index in [1.807, 2.05) is 56.3 Å². The summed E-state index contributed by atoms with van der Waals surface area (Å²) in [5.74, 6) is 1.37. The number of carbonyl (C=O) groups excluding carboxylic acids is 1. The van der Waals surface area contributed by atoms with E-state index in [4.69, 9.17) is 9.26 Å². The molecule has 0 N–H and O–H groups in total. The third kappa shape index (κ3) is 4.74. The molecule has 0 aliphatic carbocycles. The molecule has 0 fully saturated rings. The van der Waals surface area contributed by atoms with Crippen LogP contribution in [0.5, 0.6) is 5.75 Å². The minimum atomic E-state index is -0.173. The van der Waals surface area contributed by atoms with Gasteiger partial charge < -0.3 is 14.2 Å². The van der Waals surface area contributed by atoms with Crippen molar-refractivity contribution in [1.82, 2.24) is 15.0 Å². The number of amides is 1. The maximum absolute atomic E-state index is 12.3. The smallest absolute Gasteiger partial charge is 0.260 e. The summed E-state index contributed by atoms with van der Waals surface area (Å²) in [4.78, 5) is 18.2. The molecule has 0 saturated carbocycles. The third-order valence-electron chi connectivity index (χ3n) is 4.07. The van der Waals surface area contributed by atoms with Gasteiger partial charge >= 0.3 is 0 Å². The maximum atomic E-state index is 12.3. The number of aromatic nitrogens is 2. The summed E-state index contributed by atoms with van der Waals surface area (Å²) in [6, 6.07) is 13.3. The molecule has 6 nitrogen and oxygen atoms in total. The van der Waals surface area contributed by atoms with Crippen LogP contribution in [0.2, 0.25) is 0 Å². The van der Waals surface area contributed by atoms with Crippen molar-refractivity contribution in [2.45, 2.75) is 20.4 Å². The largest absolute Gasteiger partial charge is 0.484 e. The Balaban J connectivity index is 1.57. The Kier molecular flexibility index (Phi) is 5.91. The molecule has 1 amide bonds. The molecule has 0 radical (unpaired) electrons. The number of nitrogens with zero attached hydrogens (tertiary/aromatic N) is 3. The second kappa shape index (κ2) is 8.35. The van der Waals surface area contributed by atoms with Gasteiger partial charge in [0, 0.05) is 17.1 Å². The molecule has 0 saturated heterocycles. The zero-order valence-electron chi connectivity index (χ0n) is 15.4. The zero-order valence-corrected chi connectivity index (χ0v) is 17.0. The lowest BCUT2D eigenvalue weighted by atomic mass is 10.1.